The Kier molecular flexibility index (Phi) is 6.04. The molecule has 48 heavy (non-hydrogen) atoms. The van der Waals surface area contributed by atoms with Crippen LogP contribution in [-0.4, -0.2) is 0 Å². The summed E-state index contributed by atoms with van der Waals surface area (Å²) in [6.45, 7) is 14.3. The summed E-state index contributed by atoms with van der Waals surface area (Å²) >= 11 is 0. The Morgan fingerprint density at radius 1 is 0.479 bits per heavy atom. The van der Waals surface area contributed by atoms with Crippen LogP contribution in [0.1, 0.15) is 70.2 Å². The fourth-order valence-electron chi connectivity index (χ4n) is 9.18. The van der Waals surface area contributed by atoms with Crippen molar-refractivity contribution in [2.45, 2.75) is 64.2 Å². The molecule has 0 aliphatic heterocycles. The minimum atomic E-state index is -0.103. The quantitative estimate of drug-likeness (QED) is 0.194. The van der Waals surface area contributed by atoms with Crippen molar-refractivity contribution in [1.82, 2.24) is 0 Å². The van der Waals surface area contributed by atoms with Crippen LogP contribution in [0.2, 0.25) is 0 Å². The Labute approximate surface area is 283 Å². The lowest BCUT2D eigenvalue weighted by atomic mass is 9.82. The van der Waals surface area contributed by atoms with Crippen LogP contribution in [0.4, 0.5) is 17.1 Å². The molecule has 0 radical (unpaired) electrons. The van der Waals surface area contributed by atoms with Gasteiger partial charge in [-0.05, 0) is 92.6 Å². The number of anilines is 3. The lowest BCUT2D eigenvalue weighted by Gasteiger charge is -2.30. The van der Waals surface area contributed by atoms with Gasteiger partial charge in [0, 0.05) is 39.2 Å². The largest absolute Gasteiger partial charge is 0.456 e. The highest BCUT2D eigenvalue weighted by atomic mass is 16.3. The summed E-state index contributed by atoms with van der Waals surface area (Å²) in [5, 5.41) is 2.28. The van der Waals surface area contributed by atoms with E-state index in [1.165, 1.54) is 44.5 Å². The lowest BCUT2D eigenvalue weighted by molar-refractivity contribution is 0.403. The third-order valence-corrected chi connectivity index (χ3v) is 11.3. The van der Waals surface area contributed by atoms with Gasteiger partial charge in [0.2, 0.25) is 0 Å². The predicted molar refractivity (Wildman–Crippen MR) is 202 cm³/mol. The summed E-state index contributed by atoms with van der Waals surface area (Å²) in [6.07, 6.45) is 1.15. The van der Waals surface area contributed by atoms with Crippen molar-refractivity contribution in [2.75, 3.05) is 4.90 Å². The standard InChI is InChI=1S/C46H41NO/c1-44(2)28-45(3,4)40-25-29(19-24-38(40)44)32-13-8-11-17-41(32)47(31-21-23-36-35-15-9-12-18-42(35)48-43(36)27-31)30-20-22-34-33-14-7-10-16-37(33)46(5,6)39(34)26-30/h7-27H,28H2,1-6H3. The van der Waals surface area contributed by atoms with E-state index in [4.69, 9.17) is 4.42 Å². The highest BCUT2D eigenvalue weighted by molar-refractivity contribution is 6.06. The molecule has 2 nitrogen and oxygen atoms in total. The van der Waals surface area contributed by atoms with Crippen molar-refractivity contribution in [3.63, 3.8) is 0 Å². The van der Waals surface area contributed by atoms with E-state index >= 15 is 0 Å². The predicted octanol–water partition coefficient (Wildman–Crippen LogP) is 13.0. The van der Waals surface area contributed by atoms with Gasteiger partial charge in [-0.15, -0.1) is 0 Å². The molecule has 2 aliphatic rings. The lowest BCUT2D eigenvalue weighted by Crippen LogP contribution is -2.18. The SMILES string of the molecule is CC1(C)CC(C)(C)c2cc(-c3ccccc3N(c3ccc4c(c3)C(C)(C)c3ccccc3-4)c3ccc4c(c3)oc3ccccc34)ccc21. The number of nitrogens with zero attached hydrogens (tertiary/aromatic N) is 1. The van der Waals surface area contributed by atoms with Crippen molar-refractivity contribution in [1.29, 1.82) is 0 Å². The molecular weight excluding hydrogens is 583 g/mol. The normalized spacial score (nSPS) is 16.5. The molecule has 1 aromatic heterocycles. The van der Waals surface area contributed by atoms with Gasteiger partial charge < -0.3 is 9.32 Å². The molecule has 7 aromatic rings. The summed E-state index contributed by atoms with van der Waals surface area (Å²) < 4.78 is 6.45. The van der Waals surface area contributed by atoms with Gasteiger partial charge in [-0.1, -0.05) is 126 Å². The van der Waals surface area contributed by atoms with Crippen molar-refractivity contribution in [3.05, 3.63) is 150 Å². The molecule has 236 valence electrons. The smallest absolute Gasteiger partial charge is 0.137 e. The zero-order valence-electron chi connectivity index (χ0n) is 28.7. The van der Waals surface area contributed by atoms with Crippen LogP contribution in [0.15, 0.2) is 132 Å². The Morgan fingerprint density at radius 3 is 1.98 bits per heavy atom. The number of para-hydroxylation sites is 2. The first kappa shape index (κ1) is 29.1. The van der Waals surface area contributed by atoms with Crippen LogP contribution < -0.4 is 4.90 Å². The van der Waals surface area contributed by atoms with Crippen LogP contribution in [-0.2, 0) is 16.2 Å². The van der Waals surface area contributed by atoms with E-state index in [9.17, 15) is 0 Å². The minimum Gasteiger partial charge on any atom is -0.456 e. The number of furan rings is 1. The third-order valence-electron chi connectivity index (χ3n) is 11.3. The monoisotopic (exact) mass is 623 g/mol. The molecule has 2 aliphatic carbocycles. The molecule has 0 N–H and O–H groups in total. The highest BCUT2D eigenvalue weighted by Crippen LogP contribution is 2.53. The van der Waals surface area contributed by atoms with Crippen LogP contribution in [0.3, 0.4) is 0 Å². The van der Waals surface area contributed by atoms with Crippen molar-refractivity contribution >= 4 is 39.0 Å². The van der Waals surface area contributed by atoms with Crippen LogP contribution in [0.5, 0.6) is 0 Å². The fourth-order valence-corrected chi connectivity index (χ4v) is 9.18. The van der Waals surface area contributed by atoms with E-state index in [-0.39, 0.29) is 16.2 Å². The summed E-state index contributed by atoms with van der Waals surface area (Å²) in [5.41, 5.74) is 16.2. The average Bonchev–Trinajstić information content (AvgIpc) is 3.63. The first-order chi connectivity index (χ1) is 23.0. The van der Waals surface area contributed by atoms with E-state index < -0.39 is 0 Å². The van der Waals surface area contributed by atoms with Gasteiger partial charge in [0.15, 0.2) is 0 Å². The van der Waals surface area contributed by atoms with Crippen molar-refractivity contribution < 1.29 is 4.42 Å². The molecule has 0 atom stereocenters. The zero-order chi connectivity index (χ0) is 33.0. The van der Waals surface area contributed by atoms with Crippen LogP contribution >= 0.6 is 0 Å². The number of fused-ring (bicyclic) bond motifs is 7. The first-order valence-electron chi connectivity index (χ1n) is 17.2. The van der Waals surface area contributed by atoms with Crippen molar-refractivity contribution in [3.8, 4) is 22.3 Å². The van der Waals surface area contributed by atoms with Crippen molar-refractivity contribution in [2.24, 2.45) is 0 Å². The van der Waals surface area contributed by atoms with Gasteiger partial charge in [-0.25, -0.2) is 0 Å². The maximum absolute atomic E-state index is 6.45. The molecule has 0 spiro atoms. The van der Waals surface area contributed by atoms with Gasteiger partial charge in [-0.3, -0.25) is 0 Å². The van der Waals surface area contributed by atoms with E-state index in [0.29, 0.717) is 0 Å². The summed E-state index contributed by atoms with van der Waals surface area (Å²) in [6, 6.07) is 47.0. The second-order valence-corrected chi connectivity index (χ2v) is 15.7. The van der Waals surface area contributed by atoms with Gasteiger partial charge in [0.1, 0.15) is 11.2 Å². The molecule has 9 rings (SSSR count). The van der Waals surface area contributed by atoms with E-state index in [2.05, 4.69) is 168 Å². The molecule has 0 saturated heterocycles. The Morgan fingerprint density at radius 2 is 1.12 bits per heavy atom. The number of benzene rings is 6. The maximum atomic E-state index is 6.45. The van der Waals surface area contributed by atoms with Gasteiger partial charge in [-0.2, -0.15) is 0 Å². The summed E-state index contributed by atoms with van der Waals surface area (Å²) in [5.74, 6) is 0. The molecule has 0 unspecified atom stereocenters. The Bertz CT molecular complexity index is 2420. The van der Waals surface area contributed by atoms with Gasteiger partial charge in [0.25, 0.3) is 0 Å². The van der Waals surface area contributed by atoms with E-state index in [1.807, 2.05) is 6.07 Å². The summed E-state index contributed by atoms with van der Waals surface area (Å²) in [7, 11) is 0. The minimum absolute atomic E-state index is 0.103. The average molecular weight is 624 g/mol. The summed E-state index contributed by atoms with van der Waals surface area (Å²) in [4.78, 5) is 2.43. The fraction of sp³-hybridized carbons (Fsp3) is 0.217. The van der Waals surface area contributed by atoms with Crippen LogP contribution in [0.25, 0.3) is 44.2 Å². The number of rotatable bonds is 4. The molecule has 0 saturated carbocycles. The molecule has 1 heterocycles. The van der Waals surface area contributed by atoms with Crippen LogP contribution in [0, 0.1) is 0 Å². The van der Waals surface area contributed by atoms with Gasteiger partial charge >= 0.3 is 0 Å². The van der Waals surface area contributed by atoms with E-state index in [1.54, 1.807) is 0 Å². The second-order valence-electron chi connectivity index (χ2n) is 15.7. The third kappa shape index (κ3) is 4.18. The Balaban J connectivity index is 1.27. The van der Waals surface area contributed by atoms with E-state index in [0.717, 1.165) is 45.4 Å². The molecule has 0 amide bonds. The second kappa shape index (κ2) is 9.97. The topological polar surface area (TPSA) is 16.4 Å². The number of hydrogen-bond acceptors (Lipinski definition) is 2. The molecule has 2 heteroatoms. The number of hydrogen-bond donors (Lipinski definition) is 0. The Hall–Kier alpha value is -5.08. The first-order valence-corrected chi connectivity index (χ1v) is 17.2. The van der Waals surface area contributed by atoms with Gasteiger partial charge in [0.05, 0.1) is 5.69 Å². The molecular formula is C46H41NO. The molecule has 0 fully saturated rings. The molecule has 0 bridgehead atoms. The zero-order valence-corrected chi connectivity index (χ0v) is 28.7. The highest BCUT2D eigenvalue weighted by Gasteiger charge is 2.42. The maximum Gasteiger partial charge on any atom is 0.137 e. The molecule has 6 aromatic carbocycles.